The molecule has 5 N–H and O–H groups in total. The van der Waals surface area contributed by atoms with Gasteiger partial charge in [-0.3, -0.25) is 28.5 Å². The summed E-state index contributed by atoms with van der Waals surface area (Å²) in [5, 5.41) is 37.1. The van der Waals surface area contributed by atoms with Crippen molar-refractivity contribution in [2.24, 2.45) is 23.7 Å². The van der Waals surface area contributed by atoms with E-state index in [9.17, 15) is 44.1 Å². The number of amides is 5. The lowest BCUT2D eigenvalue weighted by atomic mass is 9.89. The number of rotatable bonds is 30. The zero-order valence-electron chi connectivity index (χ0n) is 44.7. The second-order valence-electron chi connectivity index (χ2n) is 20.1. The van der Waals surface area contributed by atoms with E-state index in [1.54, 1.807) is 61.2 Å². The number of likely N-dealkylation sites (tertiary alicyclic amines) is 1. The number of unbranched alkanes of at least 4 members (excludes halogenated alkanes) is 2. The van der Waals surface area contributed by atoms with Crippen LogP contribution in [-0.4, -0.2) is 153 Å². The van der Waals surface area contributed by atoms with Gasteiger partial charge in [-0.05, 0) is 55.4 Å². The van der Waals surface area contributed by atoms with Crippen LogP contribution < -0.4 is 10.6 Å². The molecule has 400 valence electrons. The molecule has 71 heavy (non-hydrogen) atoms. The molecular weight excluding hydrogens is 929 g/mol. The first kappa shape index (κ1) is 60.5. The highest BCUT2D eigenvalue weighted by atomic mass is 32.2. The van der Waals surface area contributed by atoms with Crippen molar-refractivity contribution >= 4 is 47.3 Å². The molecule has 18 heteroatoms. The Morgan fingerprint density at radius 1 is 0.845 bits per heavy atom. The van der Waals surface area contributed by atoms with Crippen LogP contribution in [0.25, 0.3) is 0 Å². The van der Waals surface area contributed by atoms with Crippen LogP contribution in [0.5, 0.6) is 11.8 Å². The Kier molecular flexibility index (Phi) is 24.7. The van der Waals surface area contributed by atoms with Gasteiger partial charge in [0.2, 0.25) is 35.4 Å². The lowest BCUT2D eigenvalue weighted by Gasteiger charge is -2.41. The normalized spacial score (nSPS) is 17.7. The average molecular weight is 1020 g/mol. The van der Waals surface area contributed by atoms with Gasteiger partial charge in [0.25, 0.3) is 0 Å². The van der Waals surface area contributed by atoms with E-state index in [4.69, 9.17) is 9.47 Å². The fourth-order valence-corrected chi connectivity index (χ4v) is 10.7. The number of hydrogen-bond donors (Lipinski definition) is 5. The number of aliphatic carboxylic acids is 1. The van der Waals surface area contributed by atoms with Crippen LogP contribution in [0.3, 0.4) is 0 Å². The summed E-state index contributed by atoms with van der Waals surface area (Å²) in [6.45, 7) is 18.0. The minimum atomic E-state index is -1.16. The number of nitrogens with zero attached hydrogens (tertiary/aromatic N) is 4. The predicted molar refractivity (Wildman–Crippen MR) is 276 cm³/mol. The first-order valence-electron chi connectivity index (χ1n) is 25.6. The van der Waals surface area contributed by atoms with E-state index < -0.39 is 66.1 Å². The number of carbonyl (C=O) groups is 6. The van der Waals surface area contributed by atoms with Crippen molar-refractivity contribution in [3.05, 3.63) is 42.0 Å². The number of carboxylic acid groups (broad SMARTS) is 1. The standard InChI is InChI=1S/C53H86N6O11S/c1-14-34(7)47(40(69-12)30-43(61)58-28-22-25-39(58)48(70-13)36(9)49(63)54-38(53(67)68)29-37-23-18-16-19-24-37)57(11)52(66)45(32(3)4)55-50(64)46(33(5)6)56(10)42(60)26-20-17-21-27-59-44(62)31-41(51(59)65)71-35(8)15-2/h16,18-19,23-24,31-36,38-40,45-48,62,65H,14-15,17,20-22,25-30H2,1-13H3,(H,54,63)(H,55,64)(H,67,68). The molecule has 1 aromatic heterocycles. The molecule has 2 heterocycles. The summed E-state index contributed by atoms with van der Waals surface area (Å²) >= 11 is 1.51. The summed E-state index contributed by atoms with van der Waals surface area (Å²) in [4.78, 5) is 88.0. The van der Waals surface area contributed by atoms with Crippen LogP contribution in [0.15, 0.2) is 41.3 Å². The molecule has 10 atom stereocenters. The largest absolute Gasteiger partial charge is 0.494 e. The van der Waals surface area contributed by atoms with Gasteiger partial charge in [-0.25, -0.2) is 4.79 Å². The Bertz CT molecular complexity index is 2030. The number of aromatic hydroxyl groups is 2. The number of likely N-dealkylation sites (N-methyl/N-ethyl adjacent to an activating group) is 2. The van der Waals surface area contributed by atoms with Crippen LogP contribution in [0.2, 0.25) is 0 Å². The van der Waals surface area contributed by atoms with Gasteiger partial charge in [-0.15, -0.1) is 11.8 Å². The molecule has 1 aliphatic rings. The Morgan fingerprint density at radius 2 is 1.51 bits per heavy atom. The molecule has 0 spiro atoms. The molecule has 1 aliphatic heterocycles. The highest BCUT2D eigenvalue weighted by Gasteiger charge is 2.44. The van der Waals surface area contributed by atoms with E-state index in [2.05, 4.69) is 24.5 Å². The fourth-order valence-electron chi connectivity index (χ4n) is 9.72. The van der Waals surface area contributed by atoms with Gasteiger partial charge in [-0.1, -0.05) is 105 Å². The van der Waals surface area contributed by atoms with Gasteiger partial charge in [0.05, 0.1) is 41.5 Å². The Labute approximate surface area is 427 Å². The van der Waals surface area contributed by atoms with Gasteiger partial charge in [0.1, 0.15) is 18.1 Å². The summed E-state index contributed by atoms with van der Waals surface area (Å²) in [6, 6.07) is 6.58. The molecule has 17 nitrogen and oxygen atoms in total. The van der Waals surface area contributed by atoms with Crippen LogP contribution in [-0.2, 0) is 51.2 Å². The zero-order valence-corrected chi connectivity index (χ0v) is 45.5. The molecule has 5 amide bonds. The summed E-state index contributed by atoms with van der Waals surface area (Å²) in [5.74, 6) is -4.44. The minimum absolute atomic E-state index is 0.00238. The quantitative estimate of drug-likeness (QED) is 0.0408. The Hall–Kier alpha value is -4.81. The Balaban J connectivity index is 1.70. The molecule has 0 radical (unpaired) electrons. The van der Waals surface area contributed by atoms with Crippen LogP contribution in [0, 0.1) is 23.7 Å². The maximum absolute atomic E-state index is 14.6. The molecule has 0 aliphatic carbocycles. The monoisotopic (exact) mass is 1010 g/mol. The van der Waals surface area contributed by atoms with Gasteiger partial charge in [0.15, 0.2) is 5.88 Å². The lowest BCUT2D eigenvalue weighted by Crippen LogP contribution is -2.60. The second kappa shape index (κ2) is 29.0. The van der Waals surface area contributed by atoms with Gasteiger partial charge in [-0.2, -0.15) is 0 Å². The predicted octanol–water partition coefficient (Wildman–Crippen LogP) is 6.71. The molecule has 1 fully saturated rings. The van der Waals surface area contributed by atoms with Gasteiger partial charge < -0.3 is 50.1 Å². The van der Waals surface area contributed by atoms with E-state index in [0.29, 0.717) is 56.5 Å². The molecule has 2 aromatic rings. The molecule has 3 rings (SSSR count). The van der Waals surface area contributed by atoms with Gasteiger partial charge >= 0.3 is 5.97 Å². The first-order chi connectivity index (χ1) is 33.5. The fraction of sp³-hybridized carbons (Fsp3) is 0.698. The number of carboxylic acids is 1. The highest BCUT2D eigenvalue weighted by molar-refractivity contribution is 8.00. The van der Waals surface area contributed by atoms with E-state index in [0.717, 1.165) is 12.0 Å². The number of methoxy groups -OCH3 is 2. The smallest absolute Gasteiger partial charge is 0.326 e. The van der Waals surface area contributed by atoms with E-state index in [-0.39, 0.29) is 71.7 Å². The highest BCUT2D eigenvalue weighted by Crippen LogP contribution is 2.38. The molecule has 0 saturated carbocycles. The zero-order chi connectivity index (χ0) is 53.3. The number of hydrogen-bond acceptors (Lipinski definition) is 11. The summed E-state index contributed by atoms with van der Waals surface area (Å²) < 4.78 is 13.4. The van der Waals surface area contributed by atoms with Crippen molar-refractivity contribution in [1.29, 1.82) is 0 Å². The summed E-state index contributed by atoms with van der Waals surface area (Å²) in [6.07, 6.45) is 3.36. The maximum Gasteiger partial charge on any atom is 0.326 e. The second-order valence-corrected chi connectivity index (χ2v) is 21.6. The topological polar surface area (TPSA) is 220 Å². The number of nitrogens with one attached hydrogen (secondary N) is 2. The number of ether oxygens (including phenoxy) is 2. The third-order valence-corrected chi connectivity index (χ3v) is 15.6. The Morgan fingerprint density at radius 3 is 2.07 bits per heavy atom. The third kappa shape index (κ3) is 16.6. The van der Waals surface area contributed by atoms with E-state index in [1.165, 1.54) is 35.4 Å². The molecular formula is C53H86N6O11S. The van der Waals surface area contributed by atoms with Crippen LogP contribution in [0.4, 0.5) is 0 Å². The number of aromatic nitrogens is 1. The molecule has 1 saturated heterocycles. The van der Waals surface area contributed by atoms with Crippen molar-refractivity contribution in [2.75, 3.05) is 34.9 Å². The van der Waals surface area contributed by atoms with E-state index >= 15 is 0 Å². The summed E-state index contributed by atoms with van der Waals surface area (Å²) in [5.41, 5.74) is 0.765. The molecule has 1 aromatic carbocycles. The van der Waals surface area contributed by atoms with Gasteiger partial charge in [0, 0.05) is 65.6 Å². The first-order valence-corrected chi connectivity index (χ1v) is 26.5. The van der Waals surface area contributed by atoms with Crippen LogP contribution >= 0.6 is 11.8 Å². The minimum Gasteiger partial charge on any atom is -0.494 e. The maximum atomic E-state index is 14.6. The SMILES string of the molecule is CCC(C)Sc1cc(O)n(CCCCCC(=O)N(C)C(C(=O)NC(C(=O)N(C)C(C(C)CC)C(CC(=O)N2CCCC2C(OC)C(C)C(=O)NC(Cc2ccccc2)C(=O)O)OC)C(C)C)C(C)C)c1O. The van der Waals surface area contributed by atoms with Crippen molar-refractivity contribution in [2.45, 2.75) is 186 Å². The van der Waals surface area contributed by atoms with E-state index in [1.807, 2.05) is 47.6 Å². The molecule has 10 unspecified atom stereocenters. The summed E-state index contributed by atoms with van der Waals surface area (Å²) in [7, 11) is 6.26. The van der Waals surface area contributed by atoms with Crippen LogP contribution in [0.1, 0.15) is 126 Å². The van der Waals surface area contributed by atoms with Crippen molar-refractivity contribution in [3.63, 3.8) is 0 Å². The van der Waals surface area contributed by atoms with Crippen molar-refractivity contribution in [3.8, 4) is 11.8 Å². The number of thioether (sulfide) groups is 1. The average Bonchev–Trinajstić information content (AvgIpc) is 3.92. The third-order valence-electron chi connectivity index (χ3n) is 14.3. The van der Waals surface area contributed by atoms with Crippen molar-refractivity contribution in [1.82, 2.24) is 29.9 Å². The van der Waals surface area contributed by atoms with Crippen molar-refractivity contribution < 1.29 is 53.6 Å². The number of benzene rings is 1. The molecule has 0 bridgehead atoms. The lowest BCUT2D eigenvalue weighted by molar-refractivity contribution is -0.149. The number of carbonyl (C=O) groups excluding carboxylic acids is 5.